The second kappa shape index (κ2) is 4.40. The van der Waals surface area contributed by atoms with Crippen LogP contribution < -0.4 is 5.32 Å². The number of nitrogens with one attached hydrogen (secondary N) is 2. The molecule has 0 aliphatic carbocycles. The van der Waals surface area contributed by atoms with E-state index in [0.717, 1.165) is 11.5 Å². The molecule has 2 rings (SSSR count). The van der Waals surface area contributed by atoms with Crippen molar-refractivity contribution in [2.75, 3.05) is 0 Å². The van der Waals surface area contributed by atoms with Gasteiger partial charge in [-0.2, -0.15) is 5.10 Å². The first kappa shape index (κ1) is 11.4. The van der Waals surface area contributed by atoms with Gasteiger partial charge >= 0.3 is 0 Å². The molecule has 17 heavy (non-hydrogen) atoms. The number of H-pyrrole nitrogens is 1. The Morgan fingerprint density at radius 2 is 2.24 bits per heavy atom. The van der Waals surface area contributed by atoms with Gasteiger partial charge in [-0.05, 0) is 20.8 Å². The number of aryl methyl sites for hydroxylation is 3. The van der Waals surface area contributed by atoms with Crippen LogP contribution in [0, 0.1) is 20.8 Å². The Bertz CT molecular complexity index is 522. The number of nitrogens with zero attached hydrogens (tertiary/aromatic N) is 2. The molecule has 0 unspecified atom stereocenters. The number of hydrogen-bond acceptors (Lipinski definition) is 4. The topological polar surface area (TPSA) is 83.8 Å². The molecule has 6 nitrogen and oxygen atoms in total. The van der Waals surface area contributed by atoms with E-state index in [9.17, 15) is 4.79 Å². The largest absolute Gasteiger partial charge is 0.444 e. The fourth-order valence-corrected chi connectivity index (χ4v) is 1.61. The average molecular weight is 234 g/mol. The van der Waals surface area contributed by atoms with Gasteiger partial charge in [0.15, 0.2) is 0 Å². The van der Waals surface area contributed by atoms with Gasteiger partial charge in [0.2, 0.25) is 5.89 Å². The number of carbonyl (C=O) groups excluding carboxylic acids is 1. The molecule has 0 fully saturated rings. The highest BCUT2D eigenvalue weighted by Gasteiger charge is 2.15. The number of oxazole rings is 1. The molecular formula is C11H14N4O2. The van der Waals surface area contributed by atoms with Crippen LogP contribution in [0.15, 0.2) is 10.6 Å². The van der Waals surface area contributed by atoms with Crippen LogP contribution >= 0.6 is 0 Å². The lowest BCUT2D eigenvalue weighted by Gasteiger charge is -2.02. The summed E-state index contributed by atoms with van der Waals surface area (Å²) < 4.78 is 5.26. The van der Waals surface area contributed by atoms with Crippen LogP contribution in [-0.4, -0.2) is 21.1 Å². The molecule has 0 aliphatic rings. The van der Waals surface area contributed by atoms with Gasteiger partial charge in [-0.25, -0.2) is 4.98 Å². The molecule has 2 heterocycles. The van der Waals surface area contributed by atoms with Crippen LogP contribution in [0.25, 0.3) is 0 Å². The summed E-state index contributed by atoms with van der Waals surface area (Å²) >= 11 is 0. The van der Waals surface area contributed by atoms with Gasteiger partial charge in [-0.1, -0.05) is 0 Å². The molecule has 0 aliphatic heterocycles. The van der Waals surface area contributed by atoms with E-state index in [1.165, 1.54) is 0 Å². The minimum absolute atomic E-state index is 0.176. The van der Waals surface area contributed by atoms with Crippen LogP contribution in [0.2, 0.25) is 0 Å². The summed E-state index contributed by atoms with van der Waals surface area (Å²) in [6, 6.07) is 0. The monoisotopic (exact) mass is 234 g/mol. The highest BCUT2D eigenvalue weighted by atomic mass is 16.4. The zero-order valence-corrected chi connectivity index (χ0v) is 10.00. The van der Waals surface area contributed by atoms with Crippen molar-refractivity contribution in [3.63, 3.8) is 0 Å². The average Bonchev–Trinajstić information content (AvgIpc) is 2.83. The maximum Gasteiger partial charge on any atom is 0.255 e. The predicted molar refractivity (Wildman–Crippen MR) is 60.5 cm³/mol. The van der Waals surface area contributed by atoms with E-state index in [-0.39, 0.29) is 12.5 Å². The third-order valence-electron chi connectivity index (χ3n) is 2.42. The lowest BCUT2D eigenvalue weighted by Crippen LogP contribution is -2.24. The lowest BCUT2D eigenvalue weighted by molar-refractivity contribution is 0.0946. The fraction of sp³-hybridized carbons (Fsp3) is 0.364. The van der Waals surface area contributed by atoms with E-state index in [1.807, 2.05) is 13.8 Å². The number of amides is 1. The molecule has 6 heteroatoms. The Labute approximate surface area is 98.4 Å². The summed E-state index contributed by atoms with van der Waals surface area (Å²) in [7, 11) is 0. The van der Waals surface area contributed by atoms with Crippen molar-refractivity contribution in [2.45, 2.75) is 27.3 Å². The van der Waals surface area contributed by atoms with Crippen molar-refractivity contribution in [1.29, 1.82) is 0 Å². The van der Waals surface area contributed by atoms with Crippen molar-refractivity contribution < 1.29 is 9.21 Å². The summed E-state index contributed by atoms with van der Waals surface area (Å²) in [6.07, 6.45) is 1.62. The quantitative estimate of drug-likeness (QED) is 0.837. The fourth-order valence-electron chi connectivity index (χ4n) is 1.61. The first-order chi connectivity index (χ1) is 8.08. The van der Waals surface area contributed by atoms with E-state index in [4.69, 9.17) is 4.42 Å². The van der Waals surface area contributed by atoms with Crippen LogP contribution in [-0.2, 0) is 6.54 Å². The van der Waals surface area contributed by atoms with E-state index < -0.39 is 0 Å². The van der Waals surface area contributed by atoms with Crippen LogP contribution in [0.3, 0.4) is 0 Å². The van der Waals surface area contributed by atoms with Gasteiger partial charge in [0.25, 0.3) is 5.91 Å². The first-order valence-electron chi connectivity index (χ1n) is 5.29. The Kier molecular flexibility index (Phi) is 2.95. The Hall–Kier alpha value is -2.11. The highest BCUT2D eigenvalue weighted by molar-refractivity contribution is 5.96. The Morgan fingerprint density at radius 1 is 1.47 bits per heavy atom. The van der Waals surface area contributed by atoms with E-state index >= 15 is 0 Å². The molecular weight excluding hydrogens is 220 g/mol. The van der Waals surface area contributed by atoms with Gasteiger partial charge < -0.3 is 9.73 Å². The molecule has 0 spiro atoms. The van der Waals surface area contributed by atoms with Gasteiger partial charge in [-0.15, -0.1) is 0 Å². The van der Waals surface area contributed by atoms with Crippen molar-refractivity contribution >= 4 is 5.91 Å². The molecule has 0 radical (unpaired) electrons. The molecule has 0 aromatic carbocycles. The van der Waals surface area contributed by atoms with Crippen LogP contribution in [0.5, 0.6) is 0 Å². The van der Waals surface area contributed by atoms with Crippen LogP contribution in [0.1, 0.15) is 33.4 Å². The predicted octanol–water partition coefficient (Wildman–Crippen LogP) is 1.25. The molecule has 0 atom stereocenters. The van der Waals surface area contributed by atoms with Gasteiger partial charge in [-0.3, -0.25) is 9.89 Å². The minimum Gasteiger partial charge on any atom is -0.444 e. The molecule has 1 amide bonds. The third kappa shape index (κ3) is 2.35. The van der Waals surface area contributed by atoms with Crippen molar-refractivity contribution in [3.05, 3.63) is 34.8 Å². The van der Waals surface area contributed by atoms with Crippen molar-refractivity contribution in [2.24, 2.45) is 0 Å². The minimum atomic E-state index is -0.176. The van der Waals surface area contributed by atoms with Crippen molar-refractivity contribution in [3.8, 4) is 0 Å². The number of aromatic nitrogens is 3. The number of aromatic amines is 1. The normalized spacial score (nSPS) is 10.5. The second-order valence-corrected chi connectivity index (χ2v) is 3.86. The molecule has 2 aromatic rings. The van der Waals surface area contributed by atoms with Gasteiger partial charge in [0.05, 0.1) is 24.0 Å². The highest BCUT2D eigenvalue weighted by Crippen LogP contribution is 2.09. The number of rotatable bonds is 3. The molecule has 0 saturated heterocycles. The smallest absolute Gasteiger partial charge is 0.255 e. The molecule has 2 aromatic heterocycles. The summed E-state index contributed by atoms with van der Waals surface area (Å²) in [5.74, 6) is 1.05. The molecule has 0 bridgehead atoms. The summed E-state index contributed by atoms with van der Waals surface area (Å²) in [5.41, 5.74) is 2.01. The standard InChI is InChI=1S/C11H14N4O2/c1-6-4-12-9(17-6)5-13-11(16)10-7(2)14-15-8(10)3/h4H,5H2,1-3H3,(H,13,16)(H,14,15). The van der Waals surface area contributed by atoms with E-state index in [0.29, 0.717) is 17.1 Å². The Morgan fingerprint density at radius 3 is 2.76 bits per heavy atom. The summed E-state index contributed by atoms with van der Waals surface area (Å²) in [4.78, 5) is 15.9. The maximum atomic E-state index is 11.9. The van der Waals surface area contributed by atoms with Crippen LogP contribution in [0.4, 0.5) is 0 Å². The van der Waals surface area contributed by atoms with E-state index in [2.05, 4.69) is 20.5 Å². The maximum absolute atomic E-state index is 11.9. The number of carbonyl (C=O) groups is 1. The SMILES string of the molecule is Cc1cnc(CNC(=O)c2c(C)n[nH]c2C)o1. The first-order valence-corrected chi connectivity index (χ1v) is 5.29. The van der Waals surface area contributed by atoms with Crippen molar-refractivity contribution in [1.82, 2.24) is 20.5 Å². The molecule has 2 N–H and O–H groups in total. The summed E-state index contributed by atoms with van der Waals surface area (Å²) in [5, 5.41) is 9.48. The second-order valence-electron chi connectivity index (χ2n) is 3.86. The lowest BCUT2D eigenvalue weighted by atomic mass is 10.2. The van der Waals surface area contributed by atoms with Gasteiger partial charge in [0, 0.05) is 5.69 Å². The molecule has 90 valence electrons. The Balaban J connectivity index is 2.03. The third-order valence-corrected chi connectivity index (χ3v) is 2.42. The summed E-state index contributed by atoms with van der Waals surface area (Å²) in [6.45, 7) is 5.68. The van der Waals surface area contributed by atoms with Gasteiger partial charge in [0.1, 0.15) is 5.76 Å². The zero-order valence-electron chi connectivity index (χ0n) is 10.00. The number of hydrogen-bond donors (Lipinski definition) is 2. The molecule has 0 saturated carbocycles. The van der Waals surface area contributed by atoms with E-state index in [1.54, 1.807) is 13.1 Å². The zero-order chi connectivity index (χ0) is 12.4.